The Bertz CT molecular complexity index is 934. The van der Waals surface area contributed by atoms with E-state index in [2.05, 4.69) is 4.98 Å². The Balaban J connectivity index is 2.03. The van der Waals surface area contributed by atoms with Gasteiger partial charge < -0.3 is 19.7 Å². The minimum absolute atomic E-state index is 0.0548. The molecule has 2 N–H and O–H groups in total. The average molecular weight is 394 g/mol. The maximum Gasteiger partial charge on any atom is 0.344 e. The first-order valence-electron chi connectivity index (χ1n) is 8.52. The van der Waals surface area contributed by atoms with Gasteiger partial charge in [0.05, 0.1) is 19.2 Å². The highest BCUT2D eigenvalue weighted by Crippen LogP contribution is 2.19. The SMILES string of the molecule is COC(=O)c1c(C(=O)N2CCN(CCO)CC2)[nH]c2cc(Cl)ccc2c1=O. The van der Waals surface area contributed by atoms with E-state index in [9.17, 15) is 14.4 Å². The quantitative estimate of drug-likeness (QED) is 0.742. The van der Waals surface area contributed by atoms with Crippen LogP contribution in [0.15, 0.2) is 23.0 Å². The Morgan fingerprint density at radius 1 is 1.26 bits per heavy atom. The number of aromatic amines is 1. The zero-order chi connectivity index (χ0) is 19.6. The lowest BCUT2D eigenvalue weighted by Crippen LogP contribution is -2.50. The predicted molar refractivity (Wildman–Crippen MR) is 100 cm³/mol. The summed E-state index contributed by atoms with van der Waals surface area (Å²) in [5.74, 6) is -1.31. The molecule has 27 heavy (non-hydrogen) atoms. The van der Waals surface area contributed by atoms with E-state index in [4.69, 9.17) is 21.4 Å². The van der Waals surface area contributed by atoms with Crippen molar-refractivity contribution in [2.75, 3.05) is 46.4 Å². The van der Waals surface area contributed by atoms with Crippen LogP contribution in [0.3, 0.4) is 0 Å². The van der Waals surface area contributed by atoms with Gasteiger partial charge in [-0.3, -0.25) is 14.5 Å². The van der Waals surface area contributed by atoms with Crippen LogP contribution in [0, 0.1) is 0 Å². The van der Waals surface area contributed by atoms with Crippen LogP contribution in [0.4, 0.5) is 0 Å². The van der Waals surface area contributed by atoms with Crippen molar-refractivity contribution in [3.8, 4) is 0 Å². The number of piperazine rings is 1. The van der Waals surface area contributed by atoms with Gasteiger partial charge in [0, 0.05) is 43.1 Å². The number of β-amino-alcohol motifs (C(OH)–C–C–N with tert-alkyl or cyclic N) is 1. The number of carbonyl (C=O) groups is 2. The van der Waals surface area contributed by atoms with E-state index < -0.39 is 17.3 Å². The van der Waals surface area contributed by atoms with Gasteiger partial charge in [-0.15, -0.1) is 0 Å². The number of pyridine rings is 1. The van der Waals surface area contributed by atoms with Crippen LogP contribution in [-0.2, 0) is 4.74 Å². The maximum absolute atomic E-state index is 13.0. The first-order chi connectivity index (χ1) is 13.0. The molecule has 3 rings (SSSR count). The zero-order valence-corrected chi connectivity index (χ0v) is 15.6. The second-order valence-electron chi connectivity index (χ2n) is 6.24. The predicted octanol–water partition coefficient (Wildman–Crippen LogP) is 0.718. The fraction of sp³-hybridized carbons (Fsp3) is 0.389. The van der Waals surface area contributed by atoms with Crippen molar-refractivity contribution in [1.82, 2.24) is 14.8 Å². The number of benzene rings is 1. The lowest BCUT2D eigenvalue weighted by atomic mass is 10.1. The van der Waals surface area contributed by atoms with Gasteiger partial charge >= 0.3 is 5.97 Å². The molecular formula is C18H20ClN3O5. The van der Waals surface area contributed by atoms with Crippen LogP contribution in [0.1, 0.15) is 20.8 Å². The van der Waals surface area contributed by atoms with Crippen molar-refractivity contribution in [3.05, 3.63) is 44.7 Å². The number of H-pyrrole nitrogens is 1. The lowest BCUT2D eigenvalue weighted by Gasteiger charge is -2.34. The van der Waals surface area contributed by atoms with Gasteiger partial charge in [0.25, 0.3) is 5.91 Å². The summed E-state index contributed by atoms with van der Waals surface area (Å²) in [5.41, 5.74) is -0.607. The largest absolute Gasteiger partial charge is 0.465 e. The highest BCUT2D eigenvalue weighted by molar-refractivity contribution is 6.31. The molecule has 1 aliphatic rings. The third kappa shape index (κ3) is 3.83. The van der Waals surface area contributed by atoms with Crippen LogP contribution in [0.5, 0.6) is 0 Å². The molecule has 0 bridgehead atoms. The summed E-state index contributed by atoms with van der Waals surface area (Å²) in [7, 11) is 1.16. The van der Waals surface area contributed by atoms with Gasteiger partial charge in [0.2, 0.25) is 5.43 Å². The third-order valence-corrected chi connectivity index (χ3v) is 4.88. The number of hydrogen-bond donors (Lipinski definition) is 2. The highest BCUT2D eigenvalue weighted by Gasteiger charge is 2.29. The number of aliphatic hydroxyl groups excluding tert-OH is 1. The number of aromatic nitrogens is 1. The molecule has 2 aromatic rings. The Morgan fingerprint density at radius 2 is 1.96 bits per heavy atom. The van der Waals surface area contributed by atoms with Gasteiger partial charge in [0.1, 0.15) is 11.3 Å². The number of fused-ring (bicyclic) bond motifs is 1. The fourth-order valence-electron chi connectivity index (χ4n) is 3.19. The molecule has 1 saturated heterocycles. The summed E-state index contributed by atoms with van der Waals surface area (Å²) < 4.78 is 4.73. The van der Waals surface area contributed by atoms with E-state index in [1.807, 2.05) is 4.90 Å². The minimum Gasteiger partial charge on any atom is -0.465 e. The third-order valence-electron chi connectivity index (χ3n) is 4.64. The van der Waals surface area contributed by atoms with Crippen molar-refractivity contribution in [2.24, 2.45) is 0 Å². The molecule has 9 heteroatoms. The Kier molecular flexibility index (Phi) is 5.79. The number of methoxy groups -OCH3 is 1. The van der Waals surface area contributed by atoms with E-state index in [-0.39, 0.29) is 23.3 Å². The monoisotopic (exact) mass is 393 g/mol. The number of nitrogens with one attached hydrogen (secondary N) is 1. The maximum atomic E-state index is 13.0. The standard InChI is InChI=1S/C18H20ClN3O5/c1-27-18(26)14-15(17(25)22-6-4-21(5-7-22)8-9-23)20-13-10-11(19)2-3-12(13)16(14)24/h2-3,10,23H,4-9H2,1H3,(H,20,24). The summed E-state index contributed by atoms with van der Waals surface area (Å²) in [6.07, 6.45) is 0. The molecule has 1 fully saturated rings. The lowest BCUT2D eigenvalue weighted by molar-refractivity contribution is 0.0561. The highest BCUT2D eigenvalue weighted by atomic mass is 35.5. The average Bonchev–Trinajstić information content (AvgIpc) is 2.67. The normalized spacial score (nSPS) is 15.1. The summed E-state index contributed by atoms with van der Waals surface area (Å²) >= 11 is 5.99. The molecular weight excluding hydrogens is 374 g/mol. The van der Waals surface area contributed by atoms with Crippen molar-refractivity contribution < 1.29 is 19.4 Å². The van der Waals surface area contributed by atoms with Gasteiger partial charge in [-0.1, -0.05) is 11.6 Å². The Morgan fingerprint density at radius 3 is 2.59 bits per heavy atom. The molecule has 144 valence electrons. The molecule has 0 radical (unpaired) electrons. The van der Waals surface area contributed by atoms with E-state index in [1.54, 1.807) is 11.0 Å². The first-order valence-corrected chi connectivity index (χ1v) is 8.90. The van der Waals surface area contributed by atoms with Gasteiger partial charge in [-0.25, -0.2) is 4.79 Å². The molecule has 1 amide bonds. The van der Waals surface area contributed by atoms with Gasteiger partial charge in [-0.05, 0) is 18.2 Å². The Hall–Kier alpha value is -2.42. The Labute approximate surface area is 160 Å². The summed E-state index contributed by atoms with van der Waals surface area (Å²) in [4.78, 5) is 44.6. The number of halogens is 1. The number of rotatable bonds is 4. The number of esters is 1. The summed E-state index contributed by atoms with van der Waals surface area (Å²) in [6, 6.07) is 4.59. The van der Waals surface area contributed by atoms with E-state index in [0.717, 1.165) is 7.11 Å². The number of amides is 1. The molecule has 0 aliphatic carbocycles. The fourth-order valence-corrected chi connectivity index (χ4v) is 3.37. The van der Waals surface area contributed by atoms with E-state index in [0.29, 0.717) is 43.3 Å². The molecule has 0 unspecified atom stereocenters. The number of hydrogen-bond acceptors (Lipinski definition) is 6. The molecule has 0 spiro atoms. The second kappa shape index (κ2) is 8.08. The van der Waals surface area contributed by atoms with Crippen LogP contribution >= 0.6 is 11.6 Å². The molecule has 1 aromatic heterocycles. The second-order valence-corrected chi connectivity index (χ2v) is 6.68. The van der Waals surface area contributed by atoms with E-state index in [1.165, 1.54) is 12.1 Å². The number of ether oxygens (including phenoxy) is 1. The number of nitrogens with zero attached hydrogens (tertiary/aromatic N) is 2. The number of carbonyl (C=O) groups excluding carboxylic acids is 2. The molecule has 0 atom stereocenters. The molecule has 0 saturated carbocycles. The first kappa shape index (κ1) is 19.3. The minimum atomic E-state index is -0.865. The van der Waals surface area contributed by atoms with Crippen LogP contribution < -0.4 is 5.43 Å². The van der Waals surface area contributed by atoms with Crippen LogP contribution in [-0.4, -0.2) is 78.2 Å². The molecule has 2 heterocycles. The van der Waals surface area contributed by atoms with Gasteiger partial charge in [0.15, 0.2) is 0 Å². The molecule has 1 aliphatic heterocycles. The van der Waals surface area contributed by atoms with Crippen LogP contribution in [0.2, 0.25) is 5.02 Å². The molecule has 8 nitrogen and oxygen atoms in total. The molecule has 1 aromatic carbocycles. The van der Waals surface area contributed by atoms with Crippen molar-refractivity contribution >= 4 is 34.4 Å². The number of aliphatic hydroxyl groups is 1. The van der Waals surface area contributed by atoms with Crippen molar-refractivity contribution in [1.29, 1.82) is 0 Å². The van der Waals surface area contributed by atoms with Crippen LogP contribution in [0.25, 0.3) is 10.9 Å². The summed E-state index contributed by atoms with van der Waals surface area (Å²) in [6.45, 7) is 2.65. The van der Waals surface area contributed by atoms with Crippen molar-refractivity contribution in [2.45, 2.75) is 0 Å². The summed E-state index contributed by atoms with van der Waals surface area (Å²) in [5, 5.41) is 9.68. The smallest absolute Gasteiger partial charge is 0.344 e. The van der Waals surface area contributed by atoms with Crippen molar-refractivity contribution in [3.63, 3.8) is 0 Å². The van der Waals surface area contributed by atoms with E-state index >= 15 is 0 Å². The topological polar surface area (TPSA) is 103 Å². The van der Waals surface area contributed by atoms with Gasteiger partial charge in [-0.2, -0.15) is 0 Å². The zero-order valence-electron chi connectivity index (χ0n) is 14.8.